The highest BCUT2D eigenvalue weighted by atomic mass is 19.4. The predicted octanol–water partition coefficient (Wildman–Crippen LogP) is 5.47. The average molecular weight is 434 g/mol. The number of hydrogen-bond acceptors (Lipinski definition) is 4. The SMILES string of the molecule is CC#CC(CC(=O)OC)c1ccc(OCC(C)COc2ccc(C(F)(F)F)cc2)cc1. The van der Waals surface area contributed by atoms with Crippen LogP contribution in [0.3, 0.4) is 0 Å². The fourth-order valence-electron chi connectivity index (χ4n) is 2.74. The molecule has 0 bridgehead atoms. The van der Waals surface area contributed by atoms with Crippen molar-refractivity contribution in [3.8, 4) is 23.3 Å². The highest BCUT2D eigenvalue weighted by Crippen LogP contribution is 2.30. The van der Waals surface area contributed by atoms with Crippen molar-refractivity contribution >= 4 is 5.97 Å². The molecule has 2 rings (SSSR count). The number of methoxy groups -OCH3 is 1. The summed E-state index contributed by atoms with van der Waals surface area (Å²) in [6.07, 6.45) is -4.19. The Morgan fingerprint density at radius 1 is 0.968 bits per heavy atom. The first-order valence-electron chi connectivity index (χ1n) is 9.74. The number of rotatable bonds is 9. The highest BCUT2D eigenvalue weighted by molar-refractivity contribution is 5.71. The summed E-state index contributed by atoms with van der Waals surface area (Å²) >= 11 is 0. The van der Waals surface area contributed by atoms with Crippen LogP contribution in [0.25, 0.3) is 0 Å². The second kappa shape index (κ2) is 11.3. The van der Waals surface area contributed by atoms with Crippen LogP contribution >= 0.6 is 0 Å². The van der Waals surface area contributed by atoms with E-state index in [9.17, 15) is 18.0 Å². The number of carbonyl (C=O) groups excluding carboxylic acids is 1. The molecule has 0 fully saturated rings. The van der Waals surface area contributed by atoms with Crippen molar-refractivity contribution in [2.24, 2.45) is 5.92 Å². The molecule has 0 saturated carbocycles. The third-order valence-corrected chi connectivity index (χ3v) is 4.45. The van der Waals surface area contributed by atoms with Gasteiger partial charge in [0.2, 0.25) is 0 Å². The summed E-state index contributed by atoms with van der Waals surface area (Å²) < 4.78 is 53.8. The molecule has 0 aliphatic rings. The first kappa shape index (κ1) is 24.1. The van der Waals surface area contributed by atoms with E-state index in [2.05, 4.69) is 11.8 Å². The molecule has 0 aliphatic carbocycles. The smallest absolute Gasteiger partial charge is 0.416 e. The third kappa shape index (κ3) is 7.89. The molecule has 4 nitrogen and oxygen atoms in total. The van der Waals surface area contributed by atoms with Crippen molar-refractivity contribution in [2.75, 3.05) is 20.3 Å². The normalized spacial score (nSPS) is 12.8. The van der Waals surface area contributed by atoms with Gasteiger partial charge < -0.3 is 14.2 Å². The fraction of sp³-hybridized carbons (Fsp3) is 0.375. The minimum Gasteiger partial charge on any atom is -0.493 e. The van der Waals surface area contributed by atoms with Gasteiger partial charge in [-0.3, -0.25) is 4.79 Å². The van der Waals surface area contributed by atoms with Gasteiger partial charge in [0.25, 0.3) is 0 Å². The van der Waals surface area contributed by atoms with Crippen LogP contribution in [-0.4, -0.2) is 26.3 Å². The number of alkyl halides is 3. The molecule has 0 heterocycles. The molecular formula is C24H25F3O4. The standard InChI is InChI=1S/C24H25F3O4/c1-4-5-19(14-23(28)29-3)18-6-10-21(11-7-18)30-15-17(2)16-31-22-12-8-20(9-13-22)24(25,26)27/h6-13,17,19H,14-16H2,1-3H3. The summed E-state index contributed by atoms with van der Waals surface area (Å²) in [6.45, 7) is 4.31. The Bertz CT molecular complexity index is 894. The largest absolute Gasteiger partial charge is 0.493 e. The van der Waals surface area contributed by atoms with E-state index < -0.39 is 11.7 Å². The fourth-order valence-corrected chi connectivity index (χ4v) is 2.74. The molecule has 31 heavy (non-hydrogen) atoms. The van der Waals surface area contributed by atoms with Crippen molar-refractivity contribution in [1.29, 1.82) is 0 Å². The van der Waals surface area contributed by atoms with Crippen LogP contribution in [-0.2, 0) is 15.7 Å². The first-order chi connectivity index (χ1) is 14.7. The van der Waals surface area contributed by atoms with Crippen molar-refractivity contribution in [2.45, 2.75) is 32.4 Å². The molecule has 0 amide bonds. The van der Waals surface area contributed by atoms with Gasteiger partial charge in [0.15, 0.2) is 0 Å². The molecule has 0 aliphatic heterocycles. The van der Waals surface area contributed by atoms with E-state index in [4.69, 9.17) is 14.2 Å². The second-order valence-electron chi connectivity index (χ2n) is 7.05. The number of esters is 1. The zero-order valence-electron chi connectivity index (χ0n) is 17.7. The number of ether oxygens (including phenoxy) is 3. The topological polar surface area (TPSA) is 44.8 Å². The minimum atomic E-state index is -4.36. The Labute approximate surface area is 180 Å². The second-order valence-corrected chi connectivity index (χ2v) is 7.05. The maximum atomic E-state index is 12.6. The lowest BCUT2D eigenvalue weighted by atomic mass is 9.96. The van der Waals surface area contributed by atoms with Crippen LogP contribution in [0.2, 0.25) is 0 Å². The third-order valence-electron chi connectivity index (χ3n) is 4.45. The van der Waals surface area contributed by atoms with Gasteiger partial charge in [-0.05, 0) is 48.9 Å². The molecular weight excluding hydrogens is 409 g/mol. The molecule has 2 aromatic carbocycles. The Kier molecular flexibility index (Phi) is 8.80. The number of benzene rings is 2. The predicted molar refractivity (Wildman–Crippen MR) is 111 cm³/mol. The molecule has 7 heteroatoms. The summed E-state index contributed by atoms with van der Waals surface area (Å²) in [6, 6.07) is 11.9. The van der Waals surface area contributed by atoms with E-state index in [1.807, 2.05) is 19.1 Å². The number of halogens is 3. The lowest BCUT2D eigenvalue weighted by molar-refractivity contribution is -0.141. The molecule has 2 unspecified atom stereocenters. The first-order valence-corrected chi connectivity index (χ1v) is 9.74. The van der Waals surface area contributed by atoms with Crippen LogP contribution in [0.4, 0.5) is 13.2 Å². The van der Waals surface area contributed by atoms with E-state index in [1.165, 1.54) is 19.2 Å². The molecule has 0 spiro atoms. The van der Waals surface area contributed by atoms with Gasteiger partial charge in [0, 0.05) is 5.92 Å². The van der Waals surface area contributed by atoms with Crippen molar-refractivity contribution in [3.05, 3.63) is 59.7 Å². The minimum absolute atomic E-state index is 0.0139. The van der Waals surface area contributed by atoms with Gasteiger partial charge >= 0.3 is 12.1 Å². The average Bonchev–Trinajstić information content (AvgIpc) is 2.76. The highest BCUT2D eigenvalue weighted by Gasteiger charge is 2.30. The number of carbonyl (C=O) groups is 1. The zero-order chi connectivity index (χ0) is 22.9. The van der Waals surface area contributed by atoms with Crippen LogP contribution in [0, 0.1) is 17.8 Å². The molecule has 0 aromatic heterocycles. The van der Waals surface area contributed by atoms with Crippen LogP contribution in [0.5, 0.6) is 11.5 Å². The van der Waals surface area contributed by atoms with Gasteiger partial charge in [0.1, 0.15) is 11.5 Å². The summed E-state index contributed by atoms with van der Waals surface area (Å²) in [4.78, 5) is 11.6. The summed E-state index contributed by atoms with van der Waals surface area (Å²) in [5.74, 6) is 6.31. The summed E-state index contributed by atoms with van der Waals surface area (Å²) in [7, 11) is 1.35. The number of hydrogen-bond donors (Lipinski definition) is 0. The molecule has 2 atom stereocenters. The molecule has 0 saturated heterocycles. The Balaban J connectivity index is 1.84. The monoisotopic (exact) mass is 434 g/mol. The Hall–Kier alpha value is -3.14. The molecule has 166 valence electrons. The van der Waals surface area contributed by atoms with Crippen LogP contribution < -0.4 is 9.47 Å². The molecule has 0 radical (unpaired) electrons. The van der Waals surface area contributed by atoms with Crippen molar-refractivity contribution in [1.82, 2.24) is 0 Å². The van der Waals surface area contributed by atoms with E-state index in [0.717, 1.165) is 17.7 Å². The summed E-state index contributed by atoms with van der Waals surface area (Å²) in [5.41, 5.74) is 0.184. The van der Waals surface area contributed by atoms with Crippen molar-refractivity contribution in [3.63, 3.8) is 0 Å². The lowest BCUT2D eigenvalue weighted by Crippen LogP contribution is -2.16. The van der Waals surface area contributed by atoms with Gasteiger partial charge in [0.05, 0.1) is 38.2 Å². The Morgan fingerprint density at radius 2 is 1.48 bits per heavy atom. The van der Waals surface area contributed by atoms with E-state index in [-0.39, 0.29) is 24.2 Å². The quantitative estimate of drug-likeness (QED) is 0.388. The van der Waals surface area contributed by atoms with Gasteiger partial charge in [-0.1, -0.05) is 25.0 Å². The molecule has 2 aromatic rings. The lowest BCUT2D eigenvalue weighted by Gasteiger charge is -2.16. The van der Waals surface area contributed by atoms with E-state index in [1.54, 1.807) is 19.1 Å². The van der Waals surface area contributed by atoms with Gasteiger partial charge in [-0.25, -0.2) is 0 Å². The van der Waals surface area contributed by atoms with Gasteiger partial charge in [-0.2, -0.15) is 13.2 Å². The summed E-state index contributed by atoms with van der Waals surface area (Å²) in [5, 5.41) is 0. The molecule has 0 N–H and O–H groups in total. The van der Waals surface area contributed by atoms with Crippen LogP contribution in [0.15, 0.2) is 48.5 Å². The van der Waals surface area contributed by atoms with Gasteiger partial charge in [-0.15, -0.1) is 5.92 Å². The Morgan fingerprint density at radius 3 is 1.94 bits per heavy atom. The van der Waals surface area contributed by atoms with E-state index >= 15 is 0 Å². The van der Waals surface area contributed by atoms with E-state index in [0.29, 0.717) is 24.7 Å². The maximum absolute atomic E-state index is 12.6. The zero-order valence-corrected chi connectivity index (χ0v) is 17.7. The van der Waals surface area contributed by atoms with Crippen molar-refractivity contribution < 1.29 is 32.2 Å². The maximum Gasteiger partial charge on any atom is 0.416 e. The van der Waals surface area contributed by atoms with Crippen LogP contribution in [0.1, 0.15) is 37.3 Å².